The van der Waals surface area contributed by atoms with Crippen molar-refractivity contribution in [3.05, 3.63) is 57.4 Å². The molecule has 244 valence electrons. The summed E-state index contributed by atoms with van der Waals surface area (Å²) in [4.78, 5) is 41.9. The molecule has 2 saturated heterocycles. The number of nitrogens with zero attached hydrogens (tertiary/aromatic N) is 5. The van der Waals surface area contributed by atoms with E-state index in [1.165, 1.54) is 19.5 Å². The number of nitrogens with one attached hydrogen (secondary N) is 1. The molecule has 2 aliphatic rings. The molecule has 4 aromatic heterocycles. The lowest BCUT2D eigenvalue weighted by molar-refractivity contribution is -0.139. The van der Waals surface area contributed by atoms with Gasteiger partial charge in [-0.05, 0) is 52.7 Å². The second-order valence-electron chi connectivity index (χ2n) is 11.1. The number of halogens is 1. The van der Waals surface area contributed by atoms with Gasteiger partial charge in [0.2, 0.25) is 11.8 Å². The number of hydrogen-bond acceptors (Lipinski definition) is 12. The van der Waals surface area contributed by atoms with Crippen LogP contribution in [0.15, 0.2) is 46.2 Å². The lowest BCUT2D eigenvalue weighted by Gasteiger charge is -2.17. The minimum atomic E-state index is -0.558. The molecule has 2 atom stereocenters. The zero-order chi connectivity index (χ0) is 32.6. The molecule has 0 bridgehead atoms. The average Bonchev–Trinajstić information content (AvgIpc) is 3.55. The van der Waals surface area contributed by atoms with Crippen LogP contribution < -0.4 is 20.6 Å². The van der Waals surface area contributed by atoms with Gasteiger partial charge in [0.25, 0.3) is 11.1 Å². The number of ether oxygens (including phenoxy) is 6. The Morgan fingerprint density at radius 1 is 0.867 bits per heavy atom. The molecule has 45 heavy (non-hydrogen) atoms. The quantitative estimate of drug-likeness (QED) is 0.217. The number of methoxy groups -OCH3 is 2. The minimum absolute atomic E-state index is 0.0317. The largest absolute Gasteiger partial charge is 0.481 e. The Labute approximate surface area is 273 Å². The van der Waals surface area contributed by atoms with Gasteiger partial charge < -0.3 is 33.4 Å². The van der Waals surface area contributed by atoms with Crippen molar-refractivity contribution in [1.82, 2.24) is 29.5 Å². The van der Waals surface area contributed by atoms with Crippen LogP contribution in [0.3, 0.4) is 0 Å². The first kappa shape index (κ1) is 34.6. The third kappa shape index (κ3) is 9.87. The number of alkyl halides is 1. The Bertz CT molecular complexity index is 1690. The van der Waals surface area contributed by atoms with Crippen LogP contribution in [0.1, 0.15) is 40.5 Å². The van der Waals surface area contributed by atoms with Gasteiger partial charge in [0.1, 0.15) is 11.0 Å². The number of H-pyrrole nitrogens is 1. The van der Waals surface area contributed by atoms with E-state index in [0.717, 1.165) is 17.5 Å². The topological polar surface area (TPSA) is 162 Å². The molecule has 0 aliphatic carbocycles. The van der Waals surface area contributed by atoms with E-state index < -0.39 is 5.79 Å². The monoisotopic (exact) mass is 738 g/mol. The SMILES string of the molecule is CC1(C)OC[C@@H](CCI)O1.COc1ccc2ncc(=O)[nH]c2n1.COc1ccc2ncc(=O)n(CC[C@@H]3COC(C)(C)O3)c2n1. The Hall–Kier alpha value is -3.25. The second-order valence-corrected chi connectivity index (χ2v) is 12.2. The van der Waals surface area contributed by atoms with E-state index in [4.69, 9.17) is 28.4 Å². The molecule has 0 saturated carbocycles. The summed E-state index contributed by atoms with van der Waals surface area (Å²) in [6, 6.07) is 6.93. The third-order valence-corrected chi connectivity index (χ3v) is 7.36. The van der Waals surface area contributed by atoms with Gasteiger partial charge in [0.15, 0.2) is 22.9 Å². The Balaban J connectivity index is 0.000000170. The van der Waals surface area contributed by atoms with Gasteiger partial charge in [-0.25, -0.2) is 9.97 Å². The average molecular weight is 739 g/mol. The molecule has 0 aromatic carbocycles. The normalized spacial score (nSPS) is 19.8. The van der Waals surface area contributed by atoms with Crippen molar-refractivity contribution >= 4 is 44.9 Å². The first-order valence-corrected chi connectivity index (χ1v) is 15.9. The number of rotatable bonds is 7. The highest BCUT2D eigenvalue weighted by atomic mass is 127. The number of aryl methyl sites for hydroxylation is 1. The molecule has 15 heteroatoms. The molecule has 0 radical (unpaired) electrons. The van der Waals surface area contributed by atoms with E-state index in [9.17, 15) is 9.59 Å². The Kier molecular flexibility index (Phi) is 11.8. The Morgan fingerprint density at radius 3 is 2.02 bits per heavy atom. The zero-order valence-electron chi connectivity index (χ0n) is 26.2. The van der Waals surface area contributed by atoms with Gasteiger partial charge in [0, 0.05) is 23.1 Å². The molecular formula is C30H39IN6O8. The lowest BCUT2D eigenvalue weighted by Crippen LogP contribution is -2.25. The maximum absolute atomic E-state index is 12.1. The van der Waals surface area contributed by atoms with E-state index in [1.807, 2.05) is 27.7 Å². The molecular weight excluding hydrogens is 699 g/mol. The first-order chi connectivity index (χ1) is 21.4. The summed E-state index contributed by atoms with van der Waals surface area (Å²) in [6.07, 6.45) is 4.59. The number of fused-ring (bicyclic) bond motifs is 2. The van der Waals surface area contributed by atoms with Crippen molar-refractivity contribution in [2.75, 3.05) is 31.9 Å². The van der Waals surface area contributed by atoms with E-state index in [2.05, 4.69) is 47.5 Å². The predicted molar refractivity (Wildman–Crippen MR) is 175 cm³/mol. The van der Waals surface area contributed by atoms with Gasteiger partial charge >= 0.3 is 0 Å². The van der Waals surface area contributed by atoms with Gasteiger partial charge in [-0.1, -0.05) is 22.6 Å². The van der Waals surface area contributed by atoms with Crippen molar-refractivity contribution in [3.8, 4) is 11.8 Å². The maximum Gasteiger partial charge on any atom is 0.270 e. The van der Waals surface area contributed by atoms with Crippen LogP contribution in [0.2, 0.25) is 0 Å². The number of pyridine rings is 2. The molecule has 14 nitrogen and oxygen atoms in total. The van der Waals surface area contributed by atoms with Crippen LogP contribution in [0, 0.1) is 0 Å². The van der Waals surface area contributed by atoms with Crippen molar-refractivity contribution < 1.29 is 28.4 Å². The van der Waals surface area contributed by atoms with Crippen LogP contribution >= 0.6 is 22.6 Å². The molecule has 1 N–H and O–H groups in total. The summed E-state index contributed by atoms with van der Waals surface area (Å²) >= 11 is 2.35. The van der Waals surface area contributed by atoms with Crippen molar-refractivity contribution in [3.63, 3.8) is 0 Å². The highest BCUT2D eigenvalue weighted by Crippen LogP contribution is 2.25. The van der Waals surface area contributed by atoms with Crippen LogP contribution in [0.5, 0.6) is 11.8 Å². The second kappa shape index (κ2) is 15.4. The first-order valence-electron chi connectivity index (χ1n) is 14.4. The van der Waals surface area contributed by atoms with Gasteiger partial charge in [-0.3, -0.25) is 14.2 Å². The molecule has 6 heterocycles. The van der Waals surface area contributed by atoms with Crippen LogP contribution in [0.25, 0.3) is 22.3 Å². The summed E-state index contributed by atoms with van der Waals surface area (Å²) in [6.45, 7) is 9.46. The fourth-order valence-electron chi connectivity index (χ4n) is 4.58. The number of hydrogen-bond donors (Lipinski definition) is 1. The highest BCUT2D eigenvalue weighted by molar-refractivity contribution is 14.1. The third-order valence-electron chi connectivity index (χ3n) is 6.73. The van der Waals surface area contributed by atoms with Gasteiger partial charge in [-0.15, -0.1) is 0 Å². The molecule has 0 spiro atoms. The van der Waals surface area contributed by atoms with Crippen LogP contribution in [-0.2, 0) is 25.5 Å². The van der Waals surface area contributed by atoms with E-state index in [0.29, 0.717) is 59.8 Å². The maximum atomic E-state index is 12.1. The molecule has 2 fully saturated rings. The summed E-state index contributed by atoms with van der Waals surface area (Å²) in [7, 11) is 3.06. The smallest absolute Gasteiger partial charge is 0.270 e. The molecule has 4 aromatic rings. The molecule has 0 amide bonds. The van der Waals surface area contributed by atoms with E-state index in [1.54, 1.807) is 35.9 Å². The summed E-state index contributed by atoms with van der Waals surface area (Å²) in [5, 5.41) is 0. The fourth-order valence-corrected chi connectivity index (χ4v) is 5.27. The summed E-state index contributed by atoms with van der Waals surface area (Å²) in [5.74, 6) is 0.0137. The van der Waals surface area contributed by atoms with Gasteiger partial charge in [-0.2, -0.15) is 9.97 Å². The van der Waals surface area contributed by atoms with Crippen LogP contribution in [0.4, 0.5) is 0 Å². The predicted octanol–water partition coefficient (Wildman–Crippen LogP) is 3.63. The van der Waals surface area contributed by atoms with Crippen molar-refractivity contribution in [1.29, 1.82) is 0 Å². The Morgan fingerprint density at radius 2 is 1.44 bits per heavy atom. The standard InChI is InChI=1S/C15H19N3O4.C8H7N3O2.C7H13IO2/c1-15(2)21-9-10(22-15)6-7-18-13(19)8-16-11-4-5-12(20-3)17-14(11)18;1-13-7-3-2-5-8(11-7)10-6(12)4-9-5;1-7(2)9-5-6(10-7)3-4-8/h4-5,8,10H,6-7,9H2,1-3H3;2-4H,1H3,(H,10,11,12);6H,3-5H2,1-2H3/t10-;;6-/m1.1/s1. The number of aromatic nitrogens is 6. The lowest BCUT2D eigenvalue weighted by atomic mass is 10.2. The van der Waals surface area contributed by atoms with Crippen molar-refractivity contribution in [2.24, 2.45) is 0 Å². The van der Waals surface area contributed by atoms with E-state index >= 15 is 0 Å². The van der Waals surface area contributed by atoms with Crippen LogP contribution in [-0.4, -0.2) is 85.1 Å². The van der Waals surface area contributed by atoms with Gasteiger partial charge in [0.05, 0.1) is 52.0 Å². The number of aromatic amines is 1. The fraction of sp³-hybridized carbons (Fsp3) is 0.533. The minimum Gasteiger partial charge on any atom is -0.481 e. The summed E-state index contributed by atoms with van der Waals surface area (Å²) in [5.41, 5.74) is 1.79. The molecule has 2 aliphatic heterocycles. The zero-order valence-corrected chi connectivity index (χ0v) is 28.4. The molecule has 0 unspecified atom stereocenters. The molecule has 6 rings (SSSR count). The summed E-state index contributed by atoms with van der Waals surface area (Å²) < 4.78 is 35.0. The highest BCUT2D eigenvalue weighted by Gasteiger charge is 2.33. The van der Waals surface area contributed by atoms with E-state index in [-0.39, 0.29) is 23.0 Å². The van der Waals surface area contributed by atoms with Crippen molar-refractivity contribution in [2.45, 2.75) is 70.9 Å².